The zero-order valence-corrected chi connectivity index (χ0v) is 13.1. The molecular weight excluding hydrogens is 272 g/mol. The molecule has 0 aromatic rings. The number of nitrogens with one attached hydrogen (secondary N) is 1. The van der Waals surface area contributed by atoms with Gasteiger partial charge < -0.3 is 20.7 Å². The minimum atomic E-state index is -0.214. The zero-order chi connectivity index (χ0) is 15.7. The topological polar surface area (TPSA) is 87.9 Å². The van der Waals surface area contributed by atoms with Gasteiger partial charge in [-0.25, -0.2) is 0 Å². The average molecular weight is 300 g/mol. The molecule has 1 amide bonds. The van der Waals surface area contributed by atoms with E-state index in [1.165, 1.54) is 0 Å². The molecule has 3 N–H and O–H groups in total. The number of nitrogens with two attached hydrogens (primary N) is 1. The largest absolute Gasteiger partial charge is 0.466 e. The second kappa shape index (κ2) is 9.70. The Morgan fingerprint density at radius 2 is 2.14 bits per heavy atom. The molecular formula is C14H28N4O3. The van der Waals surface area contributed by atoms with Crippen molar-refractivity contribution in [1.82, 2.24) is 15.1 Å². The molecule has 1 fully saturated rings. The molecule has 1 heterocycles. The quantitative estimate of drug-likeness (QED) is 0.442. The van der Waals surface area contributed by atoms with Gasteiger partial charge in [-0.3, -0.25) is 14.5 Å². The van der Waals surface area contributed by atoms with Crippen LogP contribution in [-0.4, -0.2) is 80.6 Å². The predicted octanol–water partition coefficient (Wildman–Crippen LogP) is -0.979. The average Bonchev–Trinajstić information content (AvgIpc) is 2.46. The smallest absolute Gasteiger partial charge is 0.305 e. The third kappa shape index (κ3) is 6.88. The molecule has 0 aromatic carbocycles. The lowest BCUT2D eigenvalue weighted by Crippen LogP contribution is -2.56. The lowest BCUT2D eigenvalue weighted by molar-refractivity contribution is -0.143. The molecule has 0 bridgehead atoms. The van der Waals surface area contributed by atoms with Gasteiger partial charge in [-0.2, -0.15) is 0 Å². The molecule has 21 heavy (non-hydrogen) atoms. The first-order valence-corrected chi connectivity index (χ1v) is 7.61. The van der Waals surface area contributed by atoms with Crippen molar-refractivity contribution in [2.24, 2.45) is 5.73 Å². The Morgan fingerprint density at radius 3 is 2.81 bits per heavy atom. The van der Waals surface area contributed by atoms with Gasteiger partial charge >= 0.3 is 5.97 Å². The molecule has 0 aliphatic carbocycles. The Balaban J connectivity index is 2.19. The molecule has 0 saturated carbocycles. The summed E-state index contributed by atoms with van der Waals surface area (Å²) in [5.74, 6) is -0.226. The van der Waals surface area contributed by atoms with Gasteiger partial charge in [-0.05, 0) is 20.4 Å². The van der Waals surface area contributed by atoms with Crippen LogP contribution in [0.25, 0.3) is 0 Å². The van der Waals surface area contributed by atoms with E-state index in [1.807, 2.05) is 0 Å². The number of carbonyl (C=O) groups is 2. The van der Waals surface area contributed by atoms with Gasteiger partial charge in [0.1, 0.15) is 0 Å². The van der Waals surface area contributed by atoms with Gasteiger partial charge in [0.15, 0.2) is 0 Å². The van der Waals surface area contributed by atoms with Crippen molar-refractivity contribution in [3.8, 4) is 0 Å². The molecule has 1 saturated heterocycles. The summed E-state index contributed by atoms with van der Waals surface area (Å²) in [6.45, 7) is 6.31. The lowest BCUT2D eigenvalue weighted by atomic mass is 10.1. The number of carbonyl (C=O) groups excluding carboxylic acids is 2. The van der Waals surface area contributed by atoms with Crippen LogP contribution in [0.1, 0.15) is 19.8 Å². The van der Waals surface area contributed by atoms with Gasteiger partial charge in [-0.1, -0.05) is 0 Å². The van der Waals surface area contributed by atoms with E-state index in [1.54, 1.807) is 6.92 Å². The highest BCUT2D eigenvalue weighted by Crippen LogP contribution is 2.06. The zero-order valence-electron chi connectivity index (χ0n) is 13.1. The SMILES string of the molecule is CCOC(=O)CCCNC(=O)CN1CCN(C)CC1CN. The van der Waals surface area contributed by atoms with E-state index in [4.69, 9.17) is 10.5 Å². The number of esters is 1. The summed E-state index contributed by atoms with van der Waals surface area (Å²) in [7, 11) is 2.06. The third-order valence-electron chi connectivity index (χ3n) is 3.61. The van der Waals surface area contributed by atoms with Crippen LogP contribution in [0, 0.1) is 0 Å². The molecule has 122 valence electrons. The summed E-state index contributed by atoms with van der Waals surface area (Å²) in [5.41, 5.74) is 5.76. The van der Waals surface area contributed by atoms with Gasteiger partial charge in [0.05, 0.1) is 13.2 Å². The van der Waals surface area contributed by atoms with Gasteiger partial charge in [-0.15, -0.1) is 0 Å². The van der Waals surface area contributed by atoms with Crippen LogP contribution in [0.3, 0.4) is 0 Å². The third-order valence-corrected chi connectivity index (χ3v) is 3.61. The summed E-state index contributed by atoms with van der Waals surface area (Å²) >= 11 is 0. The monoisotopic (exact) mass is 300 g/mol. The van der Waals surface area contributed by atoms with Crippen LogP contribution >= 0.6 is 0 Å². The number of piperazine rings is 1. The van der Waals surface area contributed by atoms with Crippen LogP contribution in [0.15, 0.2) is 0 Å². The Bertz CT molecular complexity index is 338. The summed E-state index contributed by atoms with van der Waals surface area (Å²) in [6.07, 6.45) is 0.946. The molecule has 0 aromatic heterocycles. The maximum absolute atomic E-state index is 11.9. The molecule has 1 aliphatic rings. The van der Waals surface area contributed by atoms with Crippen molar-refractivity contribution in [3.05, 3.63) is 0 Å². The van der Waals surface area contributed by atoms with Crippen molar-refractivity contribution in [3.63, 3.8) is 0 Å². The Kier molecular flexibility index (Phi) is 8.26. The maximum Gasteiger partial charge on any atom is 0.305 e. The minimum Gasteiger partial charge on any atom is -0.466 e. The fourth-order valence-corrected chi connectivity index (χ4v) is 2.41. The van der Waals surface area contributed by atoms with Crippen LogP contribution in [-0.2, 0) is 14.3 Å². The van der Waals surface area contributed by atoms with E-state index in [-0.39, 0.29) is 17.9 Å². The molecule has 0 radical (unpaired) electrons. The summed E-state index contributed by atoms with van der Waals surface area (Å²) < 4.78 is 4.83. The Hall–Kier alpha value is -1.18. The fourth-order valence-electron chi connectivity index (χ4n) is 2.41. The second-order valence-electron chi connectivity index (χ2n) is 5.38. The lowest BCUT2D eigenvalue weighted by Gasteiger charge is -2.39. The predicted molar refractivity (Wildman–Crippen MR) is 80.8 cm³/mol. The summed E-state index contributed by atoms with van der Waals surface area (Å²) in [6, 6.07) is 0.231. The van der Waals surface area contributed by atoms with Crippen molar-refractivity contribution in [2.45, 2.75) is 25.8 Å². The number of hydrogen-bond donors (Lipinski definition) is 2. The van der Waals surface area contributed by atoms with Crippen LogP contribution < -0.4 is 11.1 Å². The summed E-state index contributed by atoms with van der Waals surface area (Å²) in [5, 5.41) is 2.84. The fraction of sp³-hybridized carbons (Fsp3) is 0.857. The van der Waals surface area contributed by atoms with E-state index in [9.17, 15) is 9.59 Å². The van der Waals surface area contributed by atoms with Crippen molar-refractivity contribution in [1.29, 1.82) is 0 Å². The first kappa shape index (κ1) is 17.9. The number of ether oxygens (including phenoxy) is 1. The van der Waals surface area contributed by atoms with E-state index in [2.05, 4.69) is 22.2 Å². The highest BCUT2D eigenvalue weighted by molar-refractivity contribution is 5.78. The Labute approximate surface area is 126 Å². The Morgan fingerprint density at radius 1 is 1.38 bits per heavy atom. The van der Waals surface area contributed by atoms with Gasteiger partial charge in [0, 0.05) is 45.2 Å². The van der Waals surface area contributed by atoms with Crippen molar-refractivity contribution < 1.29 is 14.3 Å². The van der Waals surface area contributed by atoms with Crippen LogP contribution in [0.2, 0.25) is 0 Å². The number of rotatable bonds is 8. The van der Waals surface area contributed by atoms with E-state index in [0.717, 1.165) is 19.6 Å². The molecule has 0 spiro atoms. The van der Waals surface area contributed by atoms with Gasteiger partial charge in [0.25, 0.3) is 0 Å². The second-order valence-corrected chi connectivity index (χ2v) is 5.38. The highest BCUT2D eigenvalue weighted by Gasteiger charge is 2.25. The normalized spacial score (nSPS) is 20.2. The maximum atomic E-state index is 11.9. The number of likely N-dealkylation sites (N-methyl/N-ethyl adjacent to an activating group) is 1. The molecule has 7 heteroatoms. The van der Waals surface area contributed by atoms with Gasteiger partial charge in [0.2, 0.25) is 5.91 Å². The molecule has 1 rings (SSSR count). The number of hydrogen-bond acceptors (Lipinski definition) is 6. The van der Waals surface area contributed by atoms with Crippen molar-refractivity contribution in [2.75, 3.05) is 52.9 Å². The molecule has 1 aliphatic heterocycles. The van der Waals surface area contributed by atoms with E-state index < -0.39 is 0 Å². The first-order chi connectivity index (χ1) is 10.1. The number of nitrogens with zero attached hydrogens (tertiary/aromatic N) is 2. The highest BCUT2D eigenvalue weighted by atomic mass is 16.5. The summed E-state index contributed by atoms with van der Waals surface area (Å²) in [4.78, 5) is 27.4. The minimum absolute atomic E-state index is 0.0122. The van der Waals surface area contributed by atoms with Crippen molar-refractivity contribution >= 4 is 11.9 Å². The molecule has 1 atom stereocenters. The van der Waals surface area contributed by atoms with Crippen LogP contribution in [0.4, 0.5) is 0 Å². The number of amides is 1. The first-order valence-electron chi connectivity index (χ1n) is 7.61. The van der Waals surface area contributed by atoms with Crippen LogP contribution in [0.5, 0.6) is 0 Å². The van der Waals surface area contributed by atoms with E-state index in [0.29, 0.717) is 39.1 Å². The van der Waals surface area contributed by atoms with E-state index >= 15 is 0 Å². The standard InChI is InChI=1S/C14H28N4O3/c1-3-21-14(20)5-4-6-16-13(19)11-18-8-7-17(2)10-12(18)9-15/h12H,3-11,15H2,1-2H3,(H,16,19). The molecule has 7 nitrogen and oxygen atoms in total. The molecule has 1 unspecified atom stereocenters.